The van der Waals surface area contributed by atoms with E-state index in [-0.39, 0.29) is 6.61 Å². The molecule has 1 N–H and O–H groups in total. The first kappa shape index (κ1) is 13.5. The Hall–Kier alpha value is -1.95. The van der Waals surface area contributed by atoms with Crippen LogP contribution in [-0.4, -0.2) is 38.8 Å². The molecule has 0 atom stereocenters. The predicted octanol–water partition coefficient (Wildman–Crippen LogP) is 0.963. The number of methoxy groups -OCH3 is 1. The lowest BCUT2D eigenvalue weighted by Crippen LogP contribution is -2.04. The Balaban J connectivity index is 2.08. The van der Waals surface area contributed by atoms with Gasteiger partial charge in [0.05, 0.1) is 25.0 Å². The van der Waals surface area contributed by atoms with Crippen molar-refractivity contribution >= 4 is 0 Å². The van der Waals surface area contributed by atoms with Crippen molar-refractivity contribution in [3.8, 4) is 5.75 Å². The molecule has 2 heterocycles. The summed E-state index contributed by atoms with van der Waals surface area (Å²) in [5.74, 6) is 0.795. The van der Waals surface area contributed by atoms with Crippen molar-refractivity contribution in [1.82, 2.24) is 20.0 Å². The fourth-order valence-electron chi connectivity index (χ4n) is 1.86. The zero-order valence-corrected chi connectivity index (χ0v) is 11.2. The number of aliphatic hydroxyl groups excluding tert-OH is 1. The lowest BCUT2D eigenvalue weighted by atomic mass is 10.2. The monoisotopic (exact) mass is 262 g/mol. The van der Waals surface area contributed by atoms with Crippen molar-refractivity contribution in [2.75, 3.05) is 13.7 Å². The van der Waals surface area contributed by atoms with Gasteiger partial charge in [0.25, 0.3) is 0 Å². The molecule has 2 aromatic rings. The summed E-state index contributed by atoms with van der Waals surface area (Å²) in [7, 11) is 1.64. The first-order chi connectivity index (χ1) is 9.21. The SMILES string of the molecule is COc1cc(C)nc(Cn2cc(CCCO)nn2)c1. The molecule has 2 rings (SSSR count). The van der Waals surface area contributed by atoms with Crippen LogP contribution in [0.5, 0.6) is 5.75 Å². The fourth-order valence-corrected chi connectivity index (χ4v) is 1.86. The molecule has 0 aliphatic carbocycles. The Morgan fingerprint density at radius 3 is 2.89 bits per heavy atom. The molecule has 0 saturated heterocycles. The van der Waals surface area contributed by atoms with Gasteiger partial charge < -0.3 is 9.84 Å². The number of aliphatic hydroxyl groups is 1. The molecule has 0 aliphatic rings. The topological polar surface area (TPSA) is 73.1 Å². The third-order valence-corrected chi connectivity index (χ3v) is 2.72. The smallest absolute Gasteiger partial charge is 0.122 e. The van der Waals surface area contributed by atoms with E-state index in [1.807, 2.05) is 25.3 Å². The zero-order valence-electron chi connectivity index (χ0n) is 11.2. The summed E-state index contributed by atoms with van der Waals surface area (Å²) in [6.45, 7) is 2.66. The van der Waals surface area contributed by atoms with Crippen molar-refractivity contribution in [1.29, 1.82) is 0 Å². The minimum absolute atomic E-state index is 0.170. The first-order valence-corrected chi connectivity index (χ1v) is 6.22. The predicted molar refractivity (Wildman–Crippen MR) is 70.1 cm³/mol. The maximum Gasteiger partial charge on any atom is 0.122 e. The fraction of sp³-hybridized carbons (Fsp3) is 0.462. The van der Waals surface area contributed by atoms with Crippen LogP contribution in [-0.2, 0) is 13.0 Å². The van der Waals surface area contributed by atoms with Crippen LogP contribution in [0.4, 0.5) is 0 Å². The quantitative estimate of drug-likeness (QED) is 0.839. The van der Waals surface area contributed by atoms with Gasteiger partial charge in [-0.05, 0) is 19.8 Å². The first-order valence-electron chi connectivity index (χ1n) is 6.22. The zero-order chi connectivity index (χ0) is 13.7. The molecule has 0 aliphatic heterocycles. The highest BCUT2D eigenvalue weighted by Gasteiger charge is 2.04. The second-order valence-electron chi connectivity index (χ2n) is 4.37. The maximum atomic E-state index is 8.78. The van der Waals surface area contributed by atoms with E-state index >= 15 is 0 Å². The van der Waals surface area contributed by atoms with Gasteiger partial charge in [-0.15, -0.1) is 5.10 Å². The summed E-state index contributed by atoms with van der Waals surface area (Å²) in [6, 6.07) is 3.78. The van der Waals surface area contributed by atoms with Gasteiger partial charge in [-0.25, -0.2) is 4.68 Å². The minimum atomic E-state index is 0.170. The minimum Gasteiger partial charge on any atom is -0.497 e. The lowest BCUT2D eigenvalue weighted by molar-refractivity contribution is 0.288. The summed E-state index contributed by atoms with van der Waals surface area (Å²) in [4.78, 5) is 4.44. The van der Waals surface area contributed by atoms with E-state index in [4.69, 9.17) is 9.84 Å². The van der Waals surface area contributed by atoms with Crippen molar-refractivity contribution in [2.45, 2.75) is 26.3 Å². The molecule has 6 heteroatoms. The number of hydrogen-bond donors (Lipinski definition) is 1. The second-order valence-corrected chi connectivity index (χ2v) is 4.37. The van der Waals surface area contributed by atoms with Gasteiger partial charge >= 0.3 is 0 Å². The third-order valence-electron chi connectivity index (χ3n) is 2.72. The van der Waals surface area contributed by atoms with Gasteiger partial charge in [0.15, 0.2) is 0 Å². The van der Waals surface area contributed by atoms with Gasteiger partial charge in [-0.1, -0.05) is 5.21 Å². The maximum absolute atomic E-state index is 8.78. The average Bonchev–Trinajstić information content (AvgIpc) is 2.83. The van der Waals surface area contributed by atoms with E-state index in [2.05, 4.69) is 15.3 Å². The number of pyridine rings is 1. The molecule has 2 aromatic heterocycles. The van der Waals surface area contributed by atoms with E-state index in [1.165, 1.54) is 0 Å². The van der Waals surface area contributed by atoms with Gasteiger partial charge in [-0.2, -0.15) is 0 Å². The molecule has 0 radical (unpaired) electrons. The third kappa shape index (κ3) is 3.75. The molecular formula is C13H18N4O2. The van der Waals surface area contributed by atoms with Crippen LogP contribution < -0.4 is 4.74 Å². The molecule has 6 nitrogen and oxygen atoms in total. The van der Waals surface area contributed by atoms with Crippen LogP contribution in [0.25, 0.3) is 0 Å². The molecule has 0 fully saturated rings. The number of hydrogen-bond acceptors (Lipinski definition) is 5. The van der Waals surface area contributed by atoms with E-state index < -0.39 is 0 Å². The summed E-state index contributed by atoms with van der Waals surface area (Å²) in [5.41, 5.74) is 2.68. The molecule has 0 amide bonds. The molecule has 0 aromatic carbocycles. The van der Waals surface area contributed by atoms with Crippen LogP contribution in [0.1, 0.15) is 23.5 Å². The Morgan fingerprint density at radius 1 is 1.32 bits per heavy atom. The highest BCUT2D eigenvalue weighted by atomic mass is 16.5. The van der Waals surface area contributed by atoms with Crippen LogP contribution in [0.15, 0.2) is 18.3 Å². The number of ether oxygens (including phenoxy) is 1. The van der Waals surface area contributed by atoms with Crippen molar-refractivity contribution in [3.05, 3.63) is 35.4 Å². The molecule has 0 bridgehead atoms. The van der Waals surface area contributed by atoms with Crippen molar-refractivity contribution in [3.63, 3.8) is 0 Å². The van der Waals surface area contributed by atoms with Crippen LogP contribution in [0, 0.1) is 6.92 Å². The Labute approximate surface area is 112 Å². The summed E-state index contributed by atoms with van der Waals surface area (Å²) in [6.07, 6.45) is 3.32. The highest BCUT2D eigenvalue weighted by molar-refractivity contribution is 5.26. The van der Waals surface area contributed by atoms with Gasteiger partial charge in [0, 0.05) is 30.6 Å². The largest absolute Gasteiger partial charge is 0.497 e. The molecular weight excluding hydrogens is 244 g/mol. The van der Waals surface area contributed by atoms with E-state index in [1.54, 1.807) is 11.8 Å². The standard InChI is InChI=1S/C13H18N4O2/c1-10-6-13(19-2)7-12(14-10)9-17-8-11(15-16-17)4-3-5-18/h6-8,18H,3-5,9H2,1-2H3. The Bertz CT molecular complexity index is 539. The number of aryl methyl sites for hydroxylation is 2. The van der Waals surface area contributed by atoms with Crippen LogP contribution >= 0.6 is 0 Å². The van der Waals surface area contributed by atoms with Crippen LogP contribution in [0.2, 0.25) is 0 Å². The Kier molecular flexibility index (Phi) is 4.46. The van der Waals surface area contributed by atoms with E-state index in [0.29, 0.717) is 13.0 Å². The summed E-state index contributed by atoms with van der Waals surface area (Å²) in [5, 5.41) is 16.9. The van der Waals surface area contributed by atoms with Gasteiger partial charge in [-0.3, -0.25) is 4.98 Å². The molecule has 0 saturated carbocycles. The molecule has 0 unspecified atom stereocenters. The van der Waals surface area contributed by atoms with Crippen molar-refractivity contribution in [2.24, 2.45) is 0 Å². The average molecular weight is 262 g/mol. The van der Waals surface area contributed by atoms with Crippen LogP contribution in [0.3, 0.4) is 0 Å². The number of rotatable bonds is 6. The van der Waals surface area contributed by atoms with Gasteiger partial charge in [0.1, 0.15) is 5.75 Å². The highest BCUT2D eigenvalue weighted by Crippen LogP contribution is 2.14. The van der Waals surface area contributed by atoms with E-state index in [9.17, 15) is 0 Å². The summed E-state index contributed by atoms with van der Waals surface area (Å²) >= 11 is 0. The summed E-state index contributed by atoms with van der Waals surface area (Å²) < 4.78 is 6.96. The van der Waals surface area contributed by atoms with E-state index in [0.717, 1.165) is 29.3 Å². The Morgan fingerprint density at radius 2 is 2.16 bits per heavy atom. The van der Waals surface area contributed by atoms with Gasteiger partial charge in [0.2, 0.25) is 0 Å². The lowest BCUT2D eigenvalue weighted by Gasteiger charge is -2.05. The normalized spacial score (nSPS) is 10.7. The number of nitrogens with zero attached hydrogens (tertiary/aromatic N) is 4. The molecule has 19 heavy (non-hydrogen) atoms. The molecule has 102 valence electrons. The molecule has 0 spiro atoms. The second kappa shape index (κ2) is 6.29. The number of aromatic nitrogens is 4. The van der Waals surface area contributed by atoms with Crippen molar-refractivity contribution < 1.29 is 9.84 Å².